The van der Waals surface area contributed by atoms with E-state index in [9.17, 15) is 0 Å². The largest absolute Gasteiger partial charge is 0.310 e. The van der Waals surface area contributed by atoms with Gasteiger partial charge in [-0.2, -0.15) is 0 Å². The summed E-state index contributed by atoms with van der Waals surface area (Å²) in [5, 5.41) is 3.37. The summed E-state index contributed by atoms with van der Waals surface area (Å²) in [6.45, 7) is 6.46. The van der Waals surface area contributed by atoms with Crippen LogP contribution < -0.4 is 5.32 Å². The summed E-state index contributed by atoms with van der Waals surface area (Å²) in [5.41, 5.74) is 0. The Labute approximate surface area is 95.7 Å². The van der Waals surface area contributed by atoms with Crippen LogP contribution in [0.1, 0.15) is 52.4 Å². The highest BCUT2D eigenvalue weighted by Crippen LogP contribution is 1.94. The SMILES string of the molecule is CCCC/C=C/CNC/C=C/CCCC. The lowest BCUT2D eigenvalue weighted by molar-refractivity contribution is 0.795. The van der Waals surface area contributed by atoms with Crippen molar-refractivity contribution in [2.75, 3.05) is 13.1 Å². The van der Waals surface area contributed by atoms with Gasteiger partial charge in [-0.1, -0.05) is 63.8 Å². The first-order valence-corrected chi connectivity index (χ1v) is 6.42. The molecule has 0 rings (SSSR count). The molecule has 0 radical (unpaired) electrons. The molecule has 0 aromatic carbocycles. The van der Waals surface area contributed by atoms with Gasteiger partial charge >= 0.3 is 0 Å². The van der Waals surface area contributed by atoms with E-state index in [1.54, 1.807) is 0 Å². The number of hydrogen-bond donors (Lipinski definition) is 1. The third-order valence-corrected chi connectivity index (χ3v) is 2.31. The van der Waals surface area contributed by atoms with Crippen molar-refractivity contribution in [3.63, 3.8) is 0 Å². The molecule has 0 fully saturated rings. The summed E-state index contributed by atoms with van der Waals surface area (Å²) < 4.78 is 0. The first-order chi connectivity index (χ1) is 7.41. The van der Waals surface area contributed by atoms with Gasteiger partial charge in [-0.3, -0.25) is 0 Å². The van der Waals surface area contributed by atoms with Gasteiger partial charge in [0.1, 0.15) is 0 Å². The number of rotatable bonds is 10. The second-order valence-electron chi connectivity index (χ2n) is 3.89. The number of nitrogens with one attached hydrogen (secondary N) is 1. The molecule has 0 aliphatic heterocycles. The molecule has 1 N–H and O–H groups in total. The van der Waals surface area contributed by atoms with Crippen LogP contribution in [-0.4, -0.2) is 13.1 Å². The molecule has 0 saturated heterocycles. The lowest BCUT2D eigenvalue weighted by atomic mass is 10.2. The molecular weight excluding hydrogens is 182 g/mol. The average molecular weight is 209 g/mol. The third-order valence-electron chi connectivity index (χ3n) is 2.31. The molecule has 1 heteroatoms. The van der Waals surface area contributed by atoms with Crippen molar-refractivity contribution in [2.24, 2.45) is 0 Å². The molecule has 0 atom stereocenters. The summed E-state index contributed by atoms with van der Waals surface area (Å²) in [6.07, 6.45) is 16.7. The molecule has 0 aromatic heterocycles. The van der Waals surface area contributed by atoms with Crippen molar-refractivity contribution in [3.05, 3.63) is 24.3 Å². The van der Waals surface area contributed by atoms with Gasteiger partial charge in [0.05, 0.1) is 0 Å². The zero-order valence-corrected chi connectivity index (χ0v) is 10.5. The van der Waals surface area contributed by atoms with Crippen LogP contribution in [0, 0.1) is 0 Å². The van der Waals surface area contributed by atoms with Crippen molar-refractivity contribution in [1.29, 1.82) is 0 Å². The van der Waals surface area contributed by atoms with E-state index in [0.717, 1.165) is 13.1 Å². The van der Waals surface area contributed by atoms with Crippen LogP contribution in [0.5, 0.6) is 0 Å². The highest BCUT2D eigenvalue weighted by molar-refractivity contribution is 4.87. The first kappa shape index (κ1) is 14.4. The minimum Gasteiger partial charge on any atom is -0.310 e. The van der Waals surface area contributed by atoms with Gasteiger partial charge in [0.25, 0.3) is 0 Å². The summed E-state index contributed by atoms with van der Waals surface area (Å²) >= 11 is 0. The van der Waals surface area contributed by atoms with Crippen LogP contribution in [0.2, 0.25) is 0 Å². The van der Waals surface area contributed by atoms with Gasteiger partial charge in [0, 0.05) is 13.1 Å². The van der Waals surface area contributed by atoms with Crippen molar-refractivity contribution >= 4 is 0 Å². The topological polar surface area (TPSA) is 12.0 Å². The average Bonchev–Trinajstić information content (AvgIpc) is 2.26. The van der Waals surface area contributed by atoms with E-state index in [-0.39, 0.29) is 0 Å². The van der Waals surface area contributed by atoms with E-state index in [1.165, 1.54) is 38.5 Å². The van der Waals surface area contributed by atoms with Gasteiger partial charge in [-0.15, -0.1) is 0 Å². The third kappa shape index (κ3) is 13.4. The molecule has 0 aromatic rings. The number of hydrogen-bond acceptors (Lipinski definition) is 1. The Bertz CT molecular complexity index is 141. The monoisotopic (exact) mass is 209 g/mol. The summed E-state index contributed by atoms with van der Waals surface area (Å²) in [5.74, 6) is 0. The molecule has 88 valence electrons. The Morgan fingerprint density at radius 3 is 1.60 bits per heavy atom. The first-order valence-electron chi connectivity index (χ1n) is 6.42. The van der Waals surface area contributed by atoms with Crippen LogP contribution in [0.4, 0.5) is 0 Å². The van der Waals surface area contributed by atoms with E-state index in [1.807, 2.05) is 0 Å². The maximum Gasteiger partial charge on any atom is 0.0137 e. The Hall–Kier alpha value is -0.560. The summed E-state index contributed by atoms with van der Waals surface area (Å²) in [4.78, 5) is 0. The van der Waals surface area contributed by atoms with Gasteiger partial charge in [0.15, 0.2) is 0 Å². The number of unbranched alkanes of at least 4 members (excludes halogenated alkanes) is 4. The molecule has 0 unspecified atom stereocenters. The highest BCUT2D eigenvalue weighted by Gasteiger charge is 1.80. The van der Waals surface area contributed by atoms with Gasteiger partial charge in [0.2, 0.25) is 0 Å². The van der Waals surface area contributed by atoms with Crippen LogP contribution in [-0.2, 0) is 0 Å². The zero-order valence-electron chi connectivity index (χ0n) is 10.5. The maximum atomic E-state index is 3.37. The fourth-order valence-corrected chi connectivity index (χ4v) is 1.30. The molecule has 0 bridgehead atoms. The Kier molecular flexibility index (Phi) is 12.9. The van der Waals surface area contributed by atoms with E-state index in [4.69, 9.17) is 0 Å². The lowest BCUT2D eigenvalue weighted by Crippen LogP contribution is -2.12. The predicted octanol–water partition coefficient (Wildman–Crippen LogP) is 4.07. The Balaban J connectivity index is 3.10. The van der Waals surface area contributed by atoms with E-state index >= 15 is 0 Å². The fourth-order valence-electron chi connectivity index (χ4n) is 1.30. The standard InChI is InChI=1S/C14H27N/c1-3-5-7-9-11-13-15-14-12-10-8-6-4-2/h9-12,15H,3-8,13-14H2,1-2H3/b11-9+,12-10+. The maximum absolute atomic E-state index is 3.37. The smallest absolute Gasteiger partial charge is 0.0137 e. The fraction of sp³-hybridized carbons (Fsp3) is 0.714. The molecule has 1 nitrogen and oxygen atoms in total. The van der Waals surface area contributed by atoms with Crippen LogP contribution in [0.3, 0.4) is 0 Å². The van der Waals surface area contributed by atoms with E-state index < -0.39 is 0 Å². The van der Waals surface area contributed by atoms with Gasteiger partial charge in [-0.25, -0.2) is 0 Å². The molecule has 0 aliphatic carbocycles. The van der Waals surface area contributed by atoms with Gasteiger partial charge < -0.3 is 5.32 Å². The van der Waals surface area contributed by atoms with Crippen molar-refractivity contribution in [1.82, 2.24) is 5.32 Å². The molecule has 15 heavy (non-hydrogen) atoms. The van der Waals surface area contributed by atoms with Crippen molar-refractivity contribution in [3.8, 4) is 0 Å². The normalized spacial score (nSPS) is 11.9. The van der Waals surface area contributed by atoms with Gasteiger partial charge in [-0.05, 0) is 12.8 Å². The molecule has 0 heterocycles. The van der Waals surface area contributed by atoms with Crippen molar-refractivity contribution < 1.29 is 0 Å². The second-order valence-corrected chi connectivity index (χ2v) is 3.89. The minimum atomic E-state index is 1.00. The molecule has 0 amide bonds. The molecule has 0 spiro atoms. The number of allylic oxidation sites excluding steroid dienone is 2. The summed E-state index contributed by atoms with van der Waals surface area (Å²) in [7, 11) is 0. The van der Waals surface area contributed by atoms with Crippen molar-refractivity contribution in [2.45, 2.75) is 52.4 Å². The molecule has 0 saturated carbocycles. The Morgan fingerprint density at radius 1 is 0.733 bits per heavy atom. The second kappa shape index (κ2) is 13.4. The van der Waals surface area contributed by atoms with Crippen LogP contribution in [0.25, 0.3) is 0 Å². The quantitative estimate of drug-likeness (QED) is 0.422. The summed E-state index contributed by atoms with van der Waals surface area (Å²) in [6, 6.07) is 0. The minimum absolute atomic E-state index is 1.00. The van der Waals surface area contributed by atoms with E-state index in [2.05, 4.69) is 43.5 Å². The van der Waals surface area contributed by atoms with E-state index in [0.29, 0.717) is 0 Å². The molecule has 0 aliphatic rings. The predicted molar refractivity (Wildman–Crippen MR) is 70.2 cm³/mol. The van der Waals surface area contributed by atoms with Crippen LogP contribution >= 0.6 is 0 Å². The zero-order chi connectivity index (χ0) is 11.2. The Morgan fingerprint density at radius 2 is 1.20 bits per heavy atom. The van der Waals surface area contributed by atoms with Crippen LogP contribution in [0.15, 0.2) is 24.3 Å². The lowest BCUT2D eigenvalue weighted by Gasteiger charge is -1.95. The molecular formula is C14H27N. The highest BCUT2D eigenvalue weighted by atomic mass is 14.8.